The van der Waals surface area contributed by atoms with Crippen LogP contribution in [0.2, 0.25) is 0 Å². The van der Waals surface area contributed by atoms with Crippen LogP contribution in [0.1, 0.15) is 132 Å². The Labute approximate surface area is 349 Å². The molecule has 9 aliphatic heterocycles. The zero-order valence-electron chi connectivity index (χ0n) is 35.3. The SMILES string of the molecule is CC1CCC2=CC3C(C)CC4=C5C3C3=C2C26C(=O)OC(=C(O)CC(C7CCCC7)N7CC8CC(C7)C(CC4)N5C8)C2(CC3)C2(OC(=O)c3c(CCCN)cccc32)C6C1. The van der Waals surface area contributed by atoms with Crippen molar-refractivity contribution in [3.8, 4) is 0 Å². The van der Waals surface area contributed by atoms with Crippen LogP contribution in [0.3, 0.4) is 0 Å². The summed E-state index contributed by atoms with van der Waals surface area (Å²) in [6.45, 7) is 8.69. The summed E-state index contributed by atoms with van der Waals surface area (Å²) in [6, 6.07) is 7.04. The van der Waals surface area contributed by atoms with Crippen LogP contribution in [0.4, 0.5) is 0 Å². The first-order valence-corrected chi connectivity index (χ1v) is 24.1. The molecule has 0 amide bonds. The van der Waals surface area contributed by atoms with E-state index in [0.717, 1.165) is 62.9 Å². The fourth-order valence-corrected chi connectivity index (χ4v) is 17.6. The highest BCUT2D eigenvalue weighted by Gasteiger charge is 2.93. The van der Waals surface area contributed by atoms with Gasteiger partial charge < -0.3 is 25.2 Å². The lowest BCUT2D eigenvalue weighted by atomic mass is 9.28. The molecule has 59 heavy (non-hydrogen) atoms. The summed E-state index contributed by atoms with van der Waals surface area (Å²) >= 11 is 0. The number of aliphatic hydroxyl groups excluding tert-OH is 1. The number of aliphatic hydroxyl groups is 1. The monoisotopic (exact) mass is 797 g/mol. The molecule has 3 spiro atoms. The summed E-state index contributed by atoms with van der Waals surface area (Å²) in [7, 11) is 0. The van der Waals surface area contributed by atoms with E-state index in [1.54, 1.807) is 11.3 Å². The molecule has 0 aromatic heterocycles. The number of ether oxygens (including phenoxy) is 2. The van der Waals surface area contributed by atoms with Crippen LogP contribution in [0.25, 0.3) is 0 Å². The van der Waals surface area contributed by atoms with Crippen LogP contribution in [-0.4, -0.2) is 65.1 Å². The Balaban J connectivity index is 1.11. The first-order valence-electron chi connectivity index (χ1n) is 24.1. The summed E-state index contributed by atoms with van der Waals surface area (Å²) in [6.07, 6.45) is 18.6. The van der Waals surface area contributed by atoms with Gasteiger partial charge in [-0.05, 0) is 142 Å². The fraction of sp³-hybridized carbons (Fsp3) is 0.686. The van der Waals surface area contributed by atoms with Gasteiger partial charge in [-0.2, -0.15) is 0 Å². The number of hydrogen-bond acceptors (Lipinski definition) is 8. The summed E-state index contributed by atoms with van der Waals surface area (Å²) in [5.74, 6) is 3.17. The molecule has 312 valence electrons. The molecule has 6 aliphatic carbocycles. The van der Waals surface area contributed by atoms with Gasteiger partial charge in [0, 0.05) is 61.2 Å². The van der Waals surface area contributed by atoms with Crippen molar-refractivity contribution in [2.24, 2.45) is 63.9 Å². The van der Waals surface area contributed by atoms with Crippen LogP contribution in [0.15, 0.2) is 63.8 Å². The second-order valence-electron chi connectivity index (χ2n) is 21.9. The number of benzene rings is 1. The number of fused-ring (bicyclic) bond motifs is 3. The van der Waals surface area contributed by atoms with Crippen molar-refractivity contribution in [2.75, 3.05) is 26.2 Å². The summed E-state index contributed by atoms with van der Waals surface area (Å²) < 4.78 is 14.1. The summed E-state index contributed by atoms with van der Waals surface area (Å²) in [5, 5.41) is 13.2. The quantitative estimate of drug-likeness (QED) is 0.292. The maximum Gasteiger partial charge on any atom is 0.339 e. The van der Waals surface area contributed by atoms with Gasteiger partial charge in [-0.1, -0.05) is 62.1 Å². The Morgan fingerprint density at radius 1 is 0.949 bits per heavy atom. The zero-order chi connectivity index (χ0) is 39.7. The summed E-state index contributed by atoms with van der Waals surface area (Å²) in [5.41, 5.74) is 12.9. The van der Waals surface area contributed by atoms with Crippen LogP contribution >= 0.6 is 0 Å². The first kappa shape index (κ1) is 36.3. The molecule has 8 heteroatoms. The van der Waals surface area contributed by atoms with E-state index >= 15 is 4.79 Å². The van der Waals surface area contributed by atoms with E-state index in [9.17, 15) is 9.90 Å². The minimum absolute atomic E-state index is 0.190. The number of nitrogens with zero attached hydrogens (tertiary/aromatic N) is 2. The van der Waals surface area contributed by atoms with Gasteiger partial charge in [0.25, 0.3) is 0 Å². The maximum atomic E-state index is 15.9. The Kier molecular flexibility index (Phi) is 7.63. The van der Waals surface area contributed by atoms with Crippen molar-refractivity contribution in [3.63, 3.8) is 0 Å². The molecule has 3 N–H and O–H groups in total. The second-order valence-corrected chi connectivity index (χ2v) is 21.9. The minimum Gasteiger partial charge on any atom is -0.509 e. The van der Waals surface area contributed by atoms with Crippen LogP contribution in [-0.2, 0) is 26.3 Å². The molecule has 6 fully saturated rings. The fourth-order valence-electron chi connectivity index (χ4n) is 17.6. The third-order valence-electron chi connectivity index (χ3n) is 19.4. The number of rotatable bonds is 4. The highest BCUT2D eigenvalue weighted by molar-refractivity contribution is 6.00. The molecule has 3 saturated carbocycles. The van der Waals surface area contributed by atoms with Gasteiger partial charge in [0.15, 0.2) is 11.4 Å². The third kappa shape index (κ3) is 4.25. The lowest BCUT2D eigenvalue weighted by Gasteiger charge is -2.72. The zero-order valence-corrected chi connectivity index (χ0v) is 35.3. The maximum absolute atomic E-state index is 15.9. The Morgan fingerprint density at radius 2 is 1.81 bits per heavy atom. The number of aryl methyl sites for hydroxylation is 1. The standard InChI is InChI=1S/C51H63N3O5/c1-27-12-13-32-22-36-28(2)20-33-14-15-38-34-21-29-24-53(26-34)39(30-7-3-4-8-30)23-40(55)46-49-17-16-35(43(36)45(33)54(38)25-29)44(32)50(49,48(57)58-46)41(19-27)51(49)37-11-5-9-31(10-6-18-52)42(37)47(56)59-51/h5,9,11,22,27-30,34,36,38-39,41,43,55H,3-4,6-8,10,12-21,23-26,52H2,1-2H3. The lowest BCUT2D eigenvalue weighted by Crippen LogP contribution is -2.77. The van der Waals surface area contributed by atoms with Crippen molar-refractivity contribution >= 4 is 11.9 Å². The van der Waals surface area contributed by atoms with Gasteiger partial charge in [-0.3, -0.25) is 9.69 Å². The van der Waals surface area contributed by atoms with E-state index in [1.807, 2.05) is 0 Å². The number of hydrogen-bond donors (Lipinski definition) is 2. The van der Waals surface area contributed by atoms with Crippen molar-refractivity contribution in [1.29, 1.82) is 0 Å². The molecular formula is C51H63N3O5. The first-order chi connectivity index (χ1) is 28.7. The molecular weight excluding hydrogens is 735 g/mol. The highest BCUT2D eigenvalue weighted by Crippen LogP contribution is 2.88. The number of esters is 2. The van der Waals surface area contributed by atoms with E-state index < -0.39 is 16.4 Å². The Bertz CT molecular complexity index is 2210. The van der Waals surface area contributed by atoms with Gasteiger partial charge in [0.1, 0.15) is 11.2 Å². The molecule has 15 aliphatic rings. The number of allylic oxidation sites excluding steroid dienone is 4. The van der Waals surface area contributed by atoms with Crippen LogP contribution < -0.4 is 5.73 Å². The topological polar surface area (TPSA) is 105 Å². The normalized spacial score (nSPS) is 45.0. The average molecular weight is 798 g/mol. The molecule has 3 saturated heterocycles. The molecule has 13 atom stereocenters. The lowest BCUT2D eigenvalue weighted by molar-refractivity contribution is -0.279. The van der Waals surface area contributed by atoms with E-state index in [0.29, 0.717) is 78.7 Å². The van der Waals surface area contributed by atoms with Gasteiger partial charge >= 0.3 is 11.9 Å². The number of carbonyl (C=O) groups is 2. The van der Waals surface area contributed by atoms with Gasteiger partial charge in [-0.25, -0.2) is 4.79 Å². The number of piperidine rings is 2. The Morgan fingerprint density at radius 3 is 2.66 bits per heavy atom. The van der Waals surface area contributed by atoms with Crippen molar-refractivity contribution in [1.82, 2.24) is 9.80 Å². The van der Waals surface area contributed by atoms with Crippen molar-refractivity contribution < 1.29 is 24.2 Å². The van der Waals surface area contributed by atoms with Crippen molar-refractivity contribution in [3.05, 3.63) is 80.5 Å². The summed E-state index contributed by atoms with van der Waals surface area (Å²) in [4.78, 5) is 36.4. The van der Waals surface area contributed by atoms with Crippen molar-refractivity contribution in [2.45, 2.75) is 134 Å². The van der Waals surface area contributed by atoms with Gasteiger partial charge in [0.05, 0.1) is 11.0 Å². The Hall–Kier alpha value is -3.36. The smallest absolute Gasteiger partial charge is 0.339 e. The molecule has 1 aromatic carbocycles. The number of carbonyl (C=O) groups excluding carboxylic acids is 2. The van der Waals surface area contributed by atoms with Gasteiger partial charge in [-0.15, -0.1) is 0 Å². The molecule has 0 radical (unpaired) electrons. The predicted molar refractivity (Wildman–Crippen MR) is 223 cm³/mol. The predicted octanol–water partition coefficient (Wildman–Crippen LogP) is 8.63. The van der Waals surface area contributed by atoms with E-state index in [-0.39, 0.29) is 35.6 Å². The second kappa shape index (κ2) is 12.4. The third-order valence-corrected chi connectivity index (χ3v) is 19.4. The molecule has 13 unspecified atom stereocenters. The van der Waals surface area contributed by atoms with Gasteiger partial charge in [0.2, 0.25) is 0 Å². The number of nitrogens with two attached hydrogens (primary N) is 1. The van der Waals surface area contributed by atoms with E-state index in [1.165, 1.54) is 68.1 Å². The molecule has 12 bridgehead atoms. The minimum atomic E-state index is -1.11. The van der Waals surface area contributed by atoms with Crippen LogP contribution in [0.5, 0.6) is 0 Å². The molecule has 16 rings (SSSR count). The van der Waals surface area contributed by atoms with E-state index in [4.69, 9.17) is 15.2 Å². The highest BCUT2D eigenvalue weighted by atomic mass is 16.6. The average Bonchev–Trinajstić information content (AvgIpc) is 3.94. The molecule has 9 heterocycles. The van der Waals surface area contributed by atoms with E-state index in [2.05, 4.69) is 47.9 Å². The molecule has 1 aromatic rings. The largest absolute Gasteiger partial charge is 0.509 e. The van der Waals surface area contributed by atoms with Crippen LogP contribution in [0, 0.1) is 58.2 Å². The molecule has 8 nitrogen and oxygen atoms in total.